The maximum Gasteiger partial charge on any atom is 0.220 e. The molecule has 1 atom stereocenters. The van der Waals surface area contributed by atoms with Crippen LogP contribution in [-0.4, -0.2) is 18.2 Å². The van der Waals surface area contributed by atoms with Crippen molar-refractivity contribution in [2.75, 3.05) is 6.54 Å². The molecule has 0 heterocycles. The van der Waals surface area contributed by atoms with Crippen molar-refractivity contribution in [1.82, 2.24) is 5.32 Å². The fourth-order valence-corrected chi connectivity index (χ4v) is 3.37. The van der Waals surface area contributed by atoms with Gasteiger partial charge in [0.2, 0.25) is 5.91 Å². The monoisotopic (exact) mass is 335 g/mol. The highest BCUT2D eigenvalue weighted by atomic mass is 16.2. The number of carbonyl (C=O) groups is 2. The second-order valence-corrected chi connectivity index (χ2v) is 6.88. The molecule has 0 aliphatic heterocycles. The zero-order valence-electron chi connectivity index (χ0n) is 14.8. The third-order valence-electron chi connectivity index (χ3n) is 4.97. The second-order valence-electron chi connectivity index (χ2n) is 6.88. The first-order valence-electron chi connectivity index (χ1n) is 9.10. The van der Waals surface area contributed by atoms with Crippen molar-refractivity contribution in [3.63, 3.8) is 0 Å². The zero-order valence-corrected chi connectivity index (χ0v) is 14.8. The summed E-state index contributed by atoms with van der Waals surface area (Å²) in [7, 11) is 0. The van der Waals surface area contributed by atoms with Crippen LogP contribution >= 0.6 is 0 Å². The molecule has 1 amide bonds. The highest BCUT2D eigenvalue weighted by Gasteiger charge is 2.15. The van der Waals surface area contributed by atoms with Gasteiger partial charge in [-0.05, 0) is 47.9 Å². The number of carbonyl (C=O) groups excluding carboxylic acids is 2. The van der Waals surface area contributed by atoms with E-state index < -0.39 is 0 Å². The Bertz CT molecular complexity index is 752. The van der Waals surface area contributed by atoms with Crippen LogP contribution in [0.1, 0.15) is 59.2 Å². The Morgan fingerprint density at radius 1 is 1.00 bits per heavy atom. The lowest BCUT2D eigenvalue weighted by molar-refractivity contribution is -0.121. The largest absolute Gasteiger partial charge is 0.355 e. The van der Waals surface area contributed by atoms with E-state index in [9.17, 15) is 9.59 Å². The average molecular weight is 335 g/mol. The van der Waals surface area contributed by atoms with E-state index in [2.05, 4.69) is 30.4 Å². The Labute approximate surface area is 149 Å². The first-order valence-corrected chi connectivity index (χ1v) is 9.10. The molecule has 0 spiro atoms. The van der Waals surface area contributed by atoms with Gasteiger partial charge in [0.15, 0.2) is 5.78 Å². The molecule has 2 aromatic carbocycles. The van der Waals surface area contributed by atoms with Crippen LogP contribution in [0.25, 0.3) is 0 Å². The highest BCUT2D eigenvalue weighted by Crippen LogP contribution is 2.23. The standard InChI is InChI=1S/C22H25NO2/c1-16(17-6-3-2-4-7-17)15-23-22(25)13-12-21(24)20-11-10-18-8-5-9-19(18)14-20/h2-4,6-7,10-11,14,16H,5,8-9,12-13,15H2,1H3,(H,23,25)/t16-/m0/s1. The van der Waals surface area contributed by atoms with Crippen LogP contribution in [0.3, 0.4) is 0 Å². The van der Waals surface area contributed by atoms with Crippen molar-refractivity contribution in [2.24, 2.45) is 0 Å². The molecule has 0 unspecified atom stereocenters. The van der Waals surface area contributed by atoms with Gasteiger partial charge in [-0.3, -0.25) is 9.59 Å². The number of ketones is 1. The van der Waals surface area contributed by atoms with Gasteiger partial charge in [-0.15, -0.1) is 0 Å². The first kappa shape index (κ1) is 17.4. The molecule has 3 rings (SSSR count). The van der Waals surface area contributed by atoms with Crippen molar-refractivity contribution in [1.29, 1.82) is 0 Å². The van der Waals surface area contributed by atoms with Gasteiger partial charge in [-0.1, -0.05) is 49.4 Å². The van der Waals surface area contributed by atoms with Crippen LogP contribution in [0, 0.1) is 0 Å². The van der Waals surface area contributed by atoms with Gasteiger partial charge >= 0.3 is 0 Å². The number of hydrogen-bond acceptors (Lipinski definition) is 2. The normalized spacial score (nSPS) is 14.0. The molecule has 0 saturated heterocycles. The summed E-state index contributed by atoms with van der Waals surface area (Å²) in [4.78, 5) is 24.4. The van der Waals surface area contributed by atoms with Crippen LogP contribution in [0.5, 0.6) is 0 Å². The SMILES string of the molecule is C[C@@H](CNC(=O)CCC(=O)c1ccc2c(c1)CCC2)c1ccccc1. The Morgan fingerprint density at radius 3 is 2.56 bits per heavy atom. The molecule has 0 bridgehead atoms. The number of nitrogens with one attached hydrogen (secondary N) is 1. The molecule has 0 radical (unpaired) electrons. The quantitative estimate of drug-likeness (QED) is 0.776. The molecule has 0 saturated carbocycles. The number of rotatable bonds is 7. The van der Waals surface area contributed by atoms with Gasteiger partial charge in [0.1, 0.15) is 0 Å². The zero-order chi connectivity index (χ0) is 17.6. The van der Waals surface area contributed by atoms with Gasteiger partial charge in [0.05, 0.1) is 0 Å². The molecule has 0 aromatic heterocycles. The molecule has 1 N–H and O–H groups in total. The van der Waals surface area contributed by atoms with Crippen LogP contribution < -0.4 is 5.32 Å². The van der Waals surface area contributed by atoms with Crippen LogP contribution in [0.15, 0.2) is 48.5 Å². The second kappa shape index (κ2) is 8.11. The van der Waals surface area contributed by atoms with Crippen molar-refractivity contribution in [3.8, 4) is 0 Å². The molecular formula is C22H25NO2. The Balaban J connectivity index is 1.45. The minimum Gasteiger partial charge on any atom is -0.355 e. The summed E-state index contributed by atoms with van der Waals surface area (Å²) in [5, 5.41) is 2.94. The highest BCUT2D eigenvalue weighted by molar-refractivity contribution is 5.98. The average Bonchev–Trinajstić information content (AvgIpc) is 3.12. The van der Waals surface area contributed by atoms with Gasteiger partial charge in [0, 0.05) is 24.9 Å². The van der Waals surface area contributed by atoms with Crippen molar-refractivity contribution in [2.45, 2.75) is 44.9 Å². The molecule has 1 aliphatic carbocycles. The summed E-state index contributed by atoms with van der Waals surface area (Å²) in [6.07, 6.45) is 3.87. The maximum absolute atomic E-state index is 12.3. The number of amides is 1. The van der Waals surface area contributed by atoms with E-state index in [0.717, 1.165) is 18.4 Å². The third kappa shape index (κ3) is 4.56. The number of benzene rings is 2. The van der Waals surface area contributed by atoms with Gasteiger partial charge in [-0.25, -0.2) is 0 Å². The lowest BCUT2D eigenvalue weighted by atomic mass is 10.0. The molecule has 25 heavy (non-hydrogen) atoms. The predicted molar refractivity (Wildman–Crippen MR) is 99.9 cm³/mol. The van der Waals surface area contributed by atoms with Gasteiger partial charge < -0.3 is 5.32 Å². The molecule has 1 aliphatic rings. The predicted octanol–water partition coefficient (Wildman–Crippen LogP) is 4.06. The molecule has 130 valence electrons. The van der Waals surface area contributed by atoms with Crippen LogP contribution in [-0.2, 0) is 17.6 Å². The van der Waals surface area contributed by atoms with E-state index in [1.165, 1.54) is 23.1 Å². The smallest absolute Gasteiger partial charge is 0.220 e. The maximum atomic E-state index is 12.3. The summed E-state index contributed by atoms with van der Waals surface area (Å²) in [5.74, 6) is 0.260. The molecule has 2 aromatic rings. The Hall–Kier alpha value is -2.42. The van der Waals surface area contributed by atoms with E-state index >= 15 is 0 Å². The molecule has 0 fully saturated rings. The summed E-state index contributed by atoms with van der Waals surface area (Å²) < 4.78 is 0. The number of hydrogen-bond donors (Lipinski definition) is 1. The molecule has 3 nitrogen and oxygen atoms in total. The fraction of sp³-hybridized carbons (Fsp3) is 0.364. The lowest BCUT2D eigenvalue weighted by Gasteiger charge is -2.13. The van der Waals surface area contributed by atoms with Crippen LogP contribution in [0.4, 0.5) is 0 Å². The fourth-order valence-electron chi connectivity index (χ4n) is 3.37. The summed E-state index contributed by atoms with van der Waals surface area (Å²) in [5.41, 5.74) is 4.61. The van der Waals surface area contributed by atoms with E-state index in [1.54, 1.807) is 0 Å². The van der Waals surface area contributed by atoms with E-state index in [-0.39, 0.29) is 30.4 Å². The topological polar surface area (TPSA) is 46.2 Å². The summed E-state index contributed by atoms with van der Waals surface area (Å²) in [6, 6.07) is 16.1. The third-order valence-corrected chi connectivity index (χ3v) is 4.97. The first-order chi connectivity index (χ1) is 12.1. The van der Waals surface area contributed by atoms with Crippen molar-refractivity contribution < 1.29 is 9.59 Å². The van der Waals surface area contributed by atoms with Crippen molar-refractivity contribution >= 4 is 11.7 Å². The van der Waals surface area contributed by atoms with Crippen molar-refractivity contribution in [3.05, 3.63) is 70.8 Å². The van der Waals surface area contributed by atoms with Crippen LogP contribution in [0.2, 0.25) is 0 Å². The molecule has 3 heteroatoms. The summed E-state index contributed by atoms with van der Waals surface area (Å²) >= 11 is 0. The lowest BCUT2D eigenvalue weighted by Crippen LogP contribution is -2.27. The minimum absolute atomic E-state index is 0.0564. The Morgan fingerprint density at radius 2 is 1.76 bits per heavy atom. The molecular weight excluding hydrogens is 310 g/mol. The minimum atomic E-state index is -0.0581. The summed E-state index contributed by atoms with van der Waals surface area (Å²) in [6.45, 7) is 2.68. The van der Waals surface area contributed by atoms with Gasteiger partial charge in [-0.2, -0.15) is 0 Å². The van der Waals surface area contributed by atoms with E-state index in [0.29, 0.717) is 6.54 Å². The van der Waals surface area contributed by atoms with E-state index in [1.807, 2.05) is 30.3 Å². The Kier molecular flexibility index (Phi) is 5.64. The number of fused-ring (bicyclic) bond motifs is 1. The number of aryl methyl sites for hydroxylation is 2. The van der Waals surface area contributed by atoms with Gasteiger partial charge in [0.25, 0.3) is 0 Å². The number of Topliss-reactive ketones (excluding diaryl/α,β-unsaturated/α-hetero) is 1. The van der Waals surface area contributed by atoms with E-state index in [4.69, 9.17) is 0 Å².